The van der Waals surface area contributed by atoms with E-state index in [0.29, 0.717) is 0 Å². The molecule has 0 amide bonds. The standard InChI is InChI=1S/C5H8O3.3Ca.2H3O4P/c1-4(6)2-3-5(7)8;;;;2*1-5(2,3)4/h2-3H2,1H3,(H,7,8);;;;2*(H3,1,2,3,4)/q;3*+2;;. The second-order valence-corrected chi connectivity index (χ2v) is 4.68. The van der Waals surface area contributed by atoms with Gasteiger partial charge in [-0.3, -0.25) is 4.79 Å². The maximum atomic E-state index is 10.1. The van der Waals surface area contributed by atoms with E-state index in [2.05, 4.69) is 0 Å². The summed E-state index contributed by atoms with van der Waals surface area (Å²) in [7, 11) is -9.28. The fourth-order valence-corrected chi connectivity index (χ4v) is 0.283. The number of carboxylic acids is 1. The van der Waals surface area contributed by atoms with Crippen LogP contribution in [0.1, 0.15) is 19.8 Å². The van der Waals surface area contributed by atoms with Crippen molar-refractivity contribution in [2.24, 2.45) is 0 Å². The minimum Gasteiger partial charge on any atom is -0.481 e. The minimum atomic E-state index is -4.64. The summed E-state index contributed by atoms with van der Waals surface area (Å²) in [6.45, 7) is 1.38. The molecule has 0 fully saturated rings. The topological polar surface area (TPSA) is 210 Å². The quantitative estimate of drug-likeness (QED) is 0.182. The number of rotatable bonds is 3. The summed E-state index contributed by atoms with van der Waals surface area (Å²) < 4.78 is 17.8. The molecule has 0 aromatic carbocycles. The Morgan fingerprint density at radius 1 is 0.762 bits per heavy atom. The van der Waals surface area contributed by atoms with E-state index in [9.17, 15) is 9.59 Å². The average molecular weight is 432 g/mol. The number of Topliss-reactive ketones (excluding diaryl/α,β-unsaturated/α-hetero) is 1. The van der Waals surface area contributed by atoms with Gasteiger partial charge in [0.05, 0.1) is 6.42 Å². The van der Waals surface area contributed by atoms with Crippen molar-refractivity contribution in [2.75, 3.05) is 0 Å². The molecule has 0 aromatic rings. The molecule has 0 aromatic heterocycles. The predicted octanol–water partition coefficient (Wildman–Crippen LogP) is -2.56. The molecule has 0 bridgehead atoms. The first-order chi connectivity index (χ1) is 7.63. The molecule has 0 aliphatic rings. The third-order valence-corrected chi connectivity index (χ3v) is 0.691. The Morgan fingerprint density at radius 3 is 1.00 bits per heavy atom. The number of aliphatic carboxylic acids is 1. The van der Waals surface area contributed by atoms with Crippen molar-refractivity contribution in [1.82, 2.24) is 0 Å². The van der Waals surface area contributed by atoms with Crippen LogP contribution in [0.2, 0.25) is 0 Å². The van der Waals surface area contributed by atoms with Crippen molar-refractivity contribution in [3.63, 3.8) is 0 Å². The summed E-state index contributed by atoms with van der Waals surface area (Å²) in [4.78, 5) is 63.0. The second-order valence-electron chi connectivity index (χ2n) is 2.62. The van der Waals surface area contributed by atoms with Crippen molar-refractivity contribution >= 4 is 141 Å². The first-order valence-electron chi connectivity index (χ1n) is 3.90. The molecule has 0 spiro atoms. The van der Waals surface area contributed by atoms with E-state index in [0.717, 1.165) is 0 Å². The summed E-state index contributed by atoms with van der Waals surface area (Å²) in [6.07, 6.45) is 0.102. The normalized spacial score (nSPS) is 8.90. The zero-order valence-electron chi connectivity index (χ0n) is 11.2. The smallest absolute Gasteiger partial charge is 0.481 e. The Morgan fingerprint density at radius 2 is 0.952 bits per heavy atom. The number of carboxylic acid groups (broad SMARTS) is 1. The van der Waals surface area contributed by atoms with E-state index in [1.807, 2.05) is 0 Å². The molecule has 21 heavy (non-hydrogen) atoms. The van der Waals surface area contributed by atoms with Crippen LogP contribution in [0.15, 0.2) is 0 Å². The summed E-state index contributed by atoms with van der Waals surface area (Å²) in [5, 5.41) is 8.01. The monoisotopic (exact) mass is 432 g/mol. The number of hydrogen-bond donors (Lipinski definition) is 7. The van der Waals surface area contributed by atoms with Crippen LogP contribution in [0.5, 0.6) is 0 Å². The second kappa shape index (κ2) is 21.2. The van der Waals surface area contributed by atoms with Gasteiger partial charge in [-0.15, -0.1) is 0 Å². The molecule has 0 rings (SSSR count). The van der Waals surface area contributed by atoms with Gasteiger partial charge in [-0.2, -0.15) is 0 Å². The van der Waals surface area contributed by atoms with Gasteiger partial charge in [0.15, 0.2) is 0 Å². The van der Waals surface area contributed by atoms with Crippen molar-refractivity contribution in [3.05, 3.63) is 0 Å². The van der Waals surface area contributed by atoms with Crippen molar-refractivity contribution in [1.29, 1.82) is 0 Å². The minimum absolute atomic E-state index is 0. The molecule has 11 nitrogen and oxygen atoms in total. The van der Waals surface area contributed by atoms with Gasteiger partial charge in [0.1, 0.15) is 5.78 Å². The average Bonchev–Trinajstić information content (AvgIpc) is 1.93. The number of phosphoric acid groups is 2. The first kappa shape index (κ1) is 39.3. The van der Waals surface area contributed by atoms with Gasteiger partial charge in [-0.05, 0) is 6.92 Å². The largest absolute Gasteiger partial charge is 2.00 e. The van der Waals surface area contributed by atoms with Gasteiger partial charge in [0.25, 0.3) is 0 Å². The predicted molar refractivity (Wildman–Crippen MR) is 73.3 cm³/mol. The Labute approximate surface area is 210 Å². The number of ketones is 1. The summed E-state index contributed by atoms with van der Waals surface area (Å²) in [5.41, 5.74) is 0. The van der Waals surface area contributed by atoms with E-state index in [1.54, 1.807) is 0 Å². The molecule has 0 aliphatic heterocycles. The number of carbonyl (C=O) groups excluding carboxylic acids is 1. The van der Waals surface area contributed by atoms with E-state index in [-0.39, 0.29) is 132 Å². The summed E-state index contributed by atoms with van der Waals surface area (Å²) in [5.74, 6) is -0.993. The van der Waals surface area contributed by atoms with Gasteiger partial charge in [0, 0.05) is 6.42 Å². The first-order valence-corrected chi connectivity index (χ1v) is 7.03. The maximum Gasteiger partial charge on any atom is 2.00 e. The third-order valence-electron chi connectivity index (χ3n) is 0.691. The molecule has 7 N–H and O–H groups in total. The Balaban J connectivity index is -0.0000000389. The van der Waals surface area contributed by atoms with Crippen LogP contribution in [0, 0.1) is 0 Å². The Hall–Kier alpha value is 3.14. The van der Waals surface area contributed by atoms with Crippen LogP contribution in [-0.4, -0.2) is 159 Å². The molecule has 0 saturated heterocycles. The molecule has 0 aliphatic carbocycles. The van der Waals surface area contributed by atoms with Crippen molar-refractivity contribution < 1.29 is 53.2 Å². The van der Waals surface area contributed by atoms with Crippen LogP contribution in [0.4, 0.5) is 0 Å². The number of carbonyl (C=O) groups is 2. The molecule has 0 unspecified atom stereocenters. The van der Waals surface area contributed by atoms with Crippen LogP contribution in [0.25, 0.3) is 0 Å². The summed E-state index contributed by atoms with van der Waals surface area (Å²) >= 11 is 0. The molecule has 0 heterocycles. The van der Waals surface area contributed by atoms with E-state index in [4.69, 9.17) is 43.6 Å². The molecule has 0 atom stereocenters. The van der Waals surface area contributed by atoms with Gasteiger partial charge in [-0.1, -0.05) is 0 Å². The zero-order chi connectivity index (χ0) is 15.6. The SMILES string of the molecule is CC(=O)CCC(=O)O.O=P(O)(O)O.O=P(O)(O)O.[Ca+2].[Ca+2].[Ca+2]. The van der Waals surface area contributed by atoms with Crippen LogP contribution in [0.3, 0.4) is 0 Å². The van der Waals surface area contributed by atoms with Crippen LogP contribution in [-0.2, 0) is 18.7 Å². The van der Waals surface area contributed by atoms with E-state index < -0.39 is 21.6 Å². The Kier molecular flexibility index (Phi) is 39.6. The van der Waals surface area contributed by atoms with E-state index in [1.165, 1.54) is 6.92 Å². The van der Waals surface area contributed by atoms with Gasteiger partial charge in [0.2, 0.25) is 0 Å². The molecular weight excluding hydrogens is 418 g/mol. The fourth-order valence-electron chi connectivity index (χ4n) is 0.283. The van der Waals surface area contributed by atoms with Crippen molar-refractivity contribution in [3.8, 4) is 0 Å². The maximum absolute atomic E-state index is 10.1. The van der Waals surface area contributed by atoms with E-state index >= 15 is 0 Å². The van der Waals surface area contributed by atoms with Crippen molar-refractivity contribution in [2.45, 2.75) is 19.8 Å². The Bertz CT molecular complexity index is 299. The molecule has 0 saturated carbocycles. The van der Waals surface area contributed by atoms with Gasteiger partial charge in [-0.25, -0.2) is 9.13 Å². The summed E-state index contributed by atoms with van der Waals surface area (Å²) in [6, 6.07) is 0. The molecule has 0 radical (unpaired) electrons. The zero-order valence-corrected chi connectivity index (χ0v) is 19.6. The molecule has 16 heteroatoms. The number of hydrogen-bond acceptors (Lipinski definition) is 4. The van der Waals surface area contributed by atoms with Crippen LogP contribution < -0.4 is 0 Å². The van der Waals surface area contributed by atoms with Crippen LogP contribution >= 0.6 is 15.6 Å². The third kappa shape index (κ3) is 156. The molecule has 110 valence electrons. The van der Waals surface area contributed by atoms with Gasteiger partial charge < -0.3 is 39.3 Å². The van der Waals surface area contributed by atoms with Gasteiger partial charge >= 0.3 is 135 Å². The molecular formula is C5H14Ca3O11P2+6. The fraction of sp³-hybridized carbons (Fsp3) is 0.600.